The number of nitrogens with one attached hydrogen (secondary N) is 1. The van der Waals surface area contributed by atoms with Crippen molar-refractivity contribution in [3.63, 3.8) is 0 Å². The number of aromatic nitrogens is 2. The van der Waals surface area contributed by atoms with Crippen LogP contribution in [0.2, 0.25) is 0 Å². The molecule has 1 N–H and O–H groups in total. The first kappa shape index (κ1) is 18.6. The fraction of sp³-hybridized carbons (Fsp3) is 0.727. The van der Waals surface area contributed by atoms with Crippen molar-refractivity contribution in [3.8, 4) is 0 Å². The molecule has 4 nitrogen and oxygen atoms in total. The van der Waals surface area contributed by atoms with E-state index in [1.807, 2.05) is 7.05 Å². The summed E-state index contributed by atoms with van der Waals surface area (Å²) in [5, 5.41) is 3.25. The van der Waals surface area contributed by atoms with Crippen molar-refractivity contribution in [1.29, 1.82) is 0 Å². The first-order chi connectivity index (χ1) is 8.20. The SMILES string of the molecule is CNC1CCN(Cc2nccn2C(F)F)CC1.Cl.Cl. The lowest BCUT2D eigenvalue weighted by Gasteiger charge is -2.31. The number of hydrogen-bond donors (Lipinski definition) is 1. The lowest BCUT2D eigenvalue weighted by Crippen LogP contribution is -2.41. The van der Waals surface area contributed by atoms with Crippen LogP contribution >= 0.6 is 24.8 Å². The number of alkyl halides is 2. The highest BCUT2D eigenvalue weighted by molar-refractivity contribution is 5.85. The van der Waals surface area contributed by atoms with Crippen LogP contribution in [0, 0.1) is 0 Å². The lowest BCUT2D eigenvalue weighted by molar-refractivity contribution is 0.0627. The lowest BCUT2D eigenvalue weighted by atomic mass is 10.1. The molecule has 8 heteroatoms. The van der Waals surface area contributed by atoms with E-state index in [0.717, 1.165) is 30.5 Å². The molecule has 19 heavy (non-hydrogen) atoms. The number of hydrogen-bond acceptors (Lipinski definition) is 3. The minimum atomic E-state index is -2.50. The molecule has 1 fully saturated rings. The van der Waals surface area contributed by atoms with Crippen LogP contribution in [-0.2, 0) is 6.54 Å². The average Bonchev–Trinajstić information content (AvgIpc) is 2.78. The largest absolute Gasteiger partial charge is 0.319 e. The molecule has 0 saturated carbocycles. The molecule has 1 aliphatic rings. The van der Waals surface area contributed by atoms with Gasteiger partial charge in [0.15, 0.2) is 0 Å². The van der Waals surface area contributed by atoms with Gasteiger partial charge in [0.05, 0.1) is 6.54 Å². The first-order valence-corrected chi connectivity index (χ1v) is 5.90. The van der Waals surface area contributed by atoms with E-state index in [9.17, 15) is 8.78 Å². The van der Waals surface area contributed by atoms with E-state index < -0.39 is 6.55 Å². The number of likely N-dealkylation sites (tertiary alicyclic amines) is 1. The van der Waals surface area contributed by atoms with Crippen molar-refractivity contribution in [2.75, 3.05) is 20.1 Å². The summed E-state index contributed by atoms with van der Waals surface area (Å²) in [6.07, 6.45) is 4.89. The van der Waals surface area contributed by atoms with Gasteiger partial charge in [-0.15, -0.1) is 24.8 Å². The molecule has 1 aromatic heterocycles. The Morgan fingerprint density at radius 2 is 2.00 bits per heavy atom. The first-order valence-electron chi connectivity index (χ1n) is 5.90. The van der Waals surface area contributed by atoms with Gasteiger partial charge in [-0.1, -0.05) is 0 Å². The Labute approximate surface area is 124 Å². The molecule has 1 saturated heterocycles. The Hall–Kier alpha value is -0.430. The quantitative estimate of drug-likeness (QED) is 0.925. The second-order valence-corrected chi connectivity index (χ2v) is 4.37. The molecular formula is C11H20Cl2F2N4. The molecule has 0 atom stereocenters. The van der Waals surface area contributed by atoms with Crippen LogP contribution < -0.4 is 5.32 Å². The average molecular weight is 317 g/mol. The van der Waals surface area contributed by atoms with Crippen molar-refractivity contribution in [3.05, 3.63) is 18.2 Å². The summed E-state index contributed by atoms with van der Waals surface area (Å²) in [5.41, 5.74) is 0. The Bertz CT molecular complexity index is 354. The standard InChI is InChI=1S/C11H18F2N4.2ClH/c1-14-9-2-5-16(6-3-9)8-10-15-4-7-17(10)11(12)13;;/h4,7,9,11,14H,2-3,5-6,8H2,1H3;2*1H. The molecule has 1 aliphatic heterocycles. The molecule has 0 radical (unpaired) electrons. The molecule has 0 spiro atoms. The second kappa shape index (κ2) is 8.68. The summed E-state index contributed by atoms with van der Waals surface area (Å²) >= 11 is 0. The molecule has 0 aliphatic carbocycles. The highest BCUT2D eigenvalue weighted by atomic mass is 35.5. The predicted molar refractivity (Wildman–Crippen MR) is 75.3 cm³/mol. The third-order valence-electron chi connectivity index (χ3n) is 3.32. The van der Waals surface area contributed by atoms with Crippen molar-refractivity contribution >= 4 is 24.8 Å². The third kappa shape index (κ3) is 4.87. The maximum absolute atomic E-state index is 12.6. The molecule has 0 aromatic carbocycles. The van der Waals surface area contributed by atoms with Crippen LogP contribution in [-0.4, -0.2) is 40.6 Å². The maximum atomic E-state index is 12.6. The van der Waals surface area contributed by atoms with Crippen molar-refractivity contribution in [2.45, 2.75) is 32.0 Å². The minimum absolute atomic E-state index is 0. The van der Waals surface area contributed by atoms with E-state index in [1.54, 1.807) is 0 Å². The summed E-state index contributed by atoms with van der Waals surface area (Å²) in [6.45, 7) is -0.126. The molecular weight excluding hydrogens is 297 g/mol. The topological polar surface area (TPSA) is 33.1 Å². The zero-order valence-corrected chi connectivity index (χ0v) is 12.4. The highest BCUT2D eigenvalue weighted by Crippen LogP contribution is 2.16. The van der Waals surface area contributed by atoms with Crippen LogP contribution in [0.4, 0.5) is 8.78 Å². The van der Waals surface area contributed by atoms with Gasteiger partial charge in [-0.3, -0.25) is 9.47 Å². The van der Waals surface area contributed by atoms with Crippen LogP contribution in [0.5, 0.6) is 0 Å². The van der Waals surface area contributed by atoms with Crippen LogP contribution in [0.1, 0.15) is 25.2 Å². The van der Waals surface area contributed by atoms with Gasteiger partial charge in [-0.25, -0.2) is 4.98 Å². The predicted octanol–water partition coefficient (Wildman–Crippen LogP) is 2.31. The highest BCUT2D eigenvalue weighted by Gasteiger charge is 2.20. The summed E-state index contributed by atoms with van der Waals surface area (Å²) in [7, 11) is 1.96. The van der Waals surface area contributed by atoms with Gasteiger partial charge in [-0.05, 0) is 19.9 Å². The number of nitrogens with zero attached hydrogens (tertiary/aromatic N) is 3. The van der Waals surface area contributed by atoms with Gasteiger partial charge < -0.3 is 5.32 Å². The Balaban J connectivity index is 0.00000162. The van der Waals surface area contributed by atoms with Gasteiger partial charge in [0.25, 0.3) is 0 Å². The molecule has 0 unspecified atom stereocenters. The Kier molecular flexibility index (Phi) is 8.49. The summed E-state index contributed by atoms with van der Waals surface area (Å²) in [5.74, 6) is 0.447. The summed E-state index contributed by atoms with van der Waals surface area (Å²) < 4.78 is 26.2. The normalized spacial score (nSPS) is 17.1. The Morgan fingerprint density at radius 1 is 1.37 bits per heavy atom. The molecule has 1 aromatic rings. The van der Waals surface area contributed by atoms with Gasteiger partial charge in [0.1, 0.15) is 5.82 Å². The minimum Gasteiger partial charge on any atom is -0.317 e. The smallest absolute Gasteiger partial charge is 0.317 e. The van der Waals surface area contributed by atoms with Gasteiger partial charge in [0.2, 0.25) is 0 Å². The zero-order valence-electron chi connectivity index (χ0n) is 10.8. The number of piperidine rings is 1. The van der Waals surface area contributed by atoms with Crippen molar-refractivity contribution in [1.82, 2.24) is 19.8 Å². The monoisotopic (exact) mass is 316 g/mol. The van der Waals surface area contributed by atoms with Crippen LogP contribution in [0.25, 0.3) is 0 Å². The van der Waals surface area contributed by atoms with Gasteiger partial charge >= 0.3 is 6.55 Å². The van der Waals surface area contributed by atoms with E-state index in [4.69, 9.17) is 0 Å². The number of imidazole rings is 1. The van der Waals surface area contributed by atoms with Crippen molar-refractivity contribution < 1.29 is 8.78 Å². The summed E-state index contributed by atoms with van der Waals surface area (Å²) in [6, 6.07) is 0.557. The second-order valence-electron chi connectivity index (χ2n) is 4.37. The summed E-state index contributed by atoms with van der Waals surface area (Å²) in [4.78, 5) is 6.17. The van der Waals surface area contributed by atoms with Gasteiger partial charge in [-0.2, -0.15) is 8.78 Å². The molecule has 2 rings (SSSR count). The van der Waals surface area contributed by atoms with E-state index >= 15 is 0 Å². The fourth-order valence-electron chi connectivity index (χ4n) is 2.22. The Morgan fingerprint density at radius 3 is 2.53 bits per heavy atom. The zero-order chi connectivity index (χ0) is 12.3. The molecule has 112 valence electrons. The van der Waals surface area contributed by atoms with E-state index in [2.05, 4.69) is 15.2 Å². The fourth-order valence-corrected chi connectivity index (χ4v) is 2.22. The maximum Gasteiger partial charge on any atom is 0.319 e. The van der Waals surface area contributed by atoms with Crippen molar-refractivity contribution in [2.24, 2.45) is 0 Å². The third-order valence-corrected chi connectivity index (χ3v) is 3.32. The molecule has 0 bridgehead atoms. The molecule has 0 amide bonds. The van der Waals surface area contributed by atoms with E-state index in [1.165, 1.54) is 12.4 Å². The van der Waals surface area contributed by atoms with Gasteiger partial charge in [0, 0.05) is 31.5 Å². The van der Waals surface area contributed by atoms with Crippen LogP contribution in [0.3, 0.4) is 0 Å². The van der Waals surface area contributed by atoms with E-state index in [0.29, 0.717) is 18.4 Å². The molecule has 2 heterocycles. The van der Waals surface area contributed by atoms with E-state index in [-0.39, 0.29) is 24.8 Å². The number of halogens is 4. The number of rotatable bonds is 4. The van der Waals surface area contributed by atoms with Crippen LogP contribution in [0.15, 0.2) is 12.4 Å².